The molecule has 7 heteroatoms. The van der Waals surface area contributed by atoms with E-state index in [2.05, 4.69) is 15.5 Å². The van der Waals surface area contributed by atoms with Crippen LogP contribution >= 0.6 is 23.1 Å². The van der Waals surface area contributed by atoms with Gasteiger partial charge in [0.15, 0.2) is 0 Å². The van der Waals surface area contributed by atoms with E-state index in [1.165, 1.54) is 16.6 Å². The molecule has 0 fully saturated rings. The Bertz CT molecular complexity index is 542. The molecule has 0 aliphatic heterocycles. The minimum absolute atomic E-state index is 0.197. The summed E-state index contributed by atoms with van der Waals surface area (Å²) in [5.41, 5.74) is -0.320. The second-order valence-electron chi connectivity index (χ2n) is 5.16. The highest BCUT2D eigenvalue weighted by Gasteiger charge is 2.22. The number of tetrazole rings is 1. The summed E-state index contributed by atoms with van der Waals surface area (Å²) in [6.07, 6.45) is 0. The molecule has 0 saturated heterocycles. The first kappa shape index (κ1) is 14.2. The fraction of sp³-hybridized carbons (Fsp3) is 0.500. The lowest BCUT2D eigenvalue weighted by Gasteiger charge is -2.15. The van der Waals surface area contributed by atoms with Crippen molar-refractivity contribution >= 4 is 28.9 Å². The fourth-order valence-corrected chi connectivity index (χ4v) is 3.02. The van der Waals surface area contributed by atoms with Gasteiger partial charge in [0.25, 0.3) is 0 Å². The Morgan fingerprint density at radius 2 is 2.26 bits per heavy atom. The molecule has 0 N–H and O–H groups in total. The maximum Gasteiger partial charge on any atom is 0.210 e. The van der Waals surface area contributed by atoms with Crippen LogP contribution in [-0.2, 0) is 11.3 Å². The number of hydrogen-bond donors (Lipinski definition) is 0. The quantitative estimate of drug-likeness (QED) is 0.793. The van der Waals surface area contributed by atoms with Crippen LogP contribution in [0.3, 0.4) is 0 Å². The number of hydrogen-bond acceptors (Lipinski definition) is 6. The van der Waals surface area contributed by atoms with Crippen molar-refractivity contribution in [2.75, 3.05) is 5.75 Å². The monoisotopic (exact) mass is 296 g/mol. The molecule has 2 heterocycles. The molecular weight excluding hydrogens is 280 g/mol. The van der Waals surface area contributed by atoms with Gasteiger partial charge in [-0.3, -0.25) is 4.79 Å². The van der Waals surface area contributed by atoms with Crippen molar-refractivity contribution in [1.82, 2.24) is 20.2 Å². The molecule has 2 aromatic heterocycles. The van der Waals surface area contributed by atoms with Crippen LogP contribution in [0.1, 0.15) is 25.6 Å². The van der Waals surface area contributed by atoms with Gasteiger partial charge in [-0.05, 0) is 21.9 Å². The van der Waals surface area contributed by atoms with E-state index < -0.39 is 0 Å². The van der Waals surface area contributed by atoms with Gasteiger partial charge in [-0.2, -0.15) is 0 Å². The Morgan fingerprint density at radius 1 is 1.47 bits per heavy atom. The Labute approximate surface area is 120 Å². The van der Waals surface area contributed by atoms with E-state index in [1.54, 1.807) is 16.0 Å². The summed E-state index contributed by atoms with van der Waals surface area (Å²) in [6, 6.07) is 4.04. The highest BCUT2D eigenvalue weighted by Crippen LogP contribution is 2.22. The Kier molecular flexibility index (Phi) is 4.36. The van der Waals surface area contributed by atoms with Crippen molar-refractivity contribution in [2.45, 2.75) is 32.5 Å². The van der Waals surface area contributed by atoms with Crippen molar-refractivity contribution in [3.05, 3.63) is 22.4 Å². The summed E-state index contributed by atoms with van der Waals surface area (Å²) in [5.74, 6) is 0.595. The average Bonchev–Trinajstić information content (AvgIpc) is 2.97. The SMILES string of the molecule is CC(C)(C)C(=O)CSc1nnnn1Cc1cccs1. The number of carbonyl (C=O) groups excluding carboxylic acids is 1. The molecule has 102 valence electrons. The lowest BCUT2D eigenvalue weighted by molar-refractivity contribution is -0.123. The first-order valence-electron chi connectivity index (χ1n) is 5.91. The third-order valence-electron chi connectivity index (χ3n) is 2.55. The summed E-state index contributed by atoms with van der Waals surface area (Å²) in [5, 5.41) is 14.3. The van der Waals surface area contributed by atoms with Crippen molar-refractivity contribution in [2.24, 2.45) is 5.41 Å². The molecule has 0 aromatic carbocycles. The highest BCUT2D eigenvalue weighted by molar-refractivity contribution is 7.99. The summed E-state index contributed by atoms with van der Waals surface area (Å²) >= 11 is 3.06. The zero-order chi connectivity index (χ0) is 13.9. The third-order valence-corrected chi connectivity index (χ3v) is 4.37. The number of rotatable bonds is 5. The maximum atomic E-state index is 11.9. The number of ketones is 1. The van der Waals surface area contributed by atoms with E-state index in [-0.39, 0.29) is 11.2 Å². The molecular formula is C12H16N4OS2. The molecule has 2 rings (SSSR count). The molecule has 0 amide bonds. The second-order valence-corrected chi connectivity index (χ2v) is 7.14. The van der Waals surface area contributed by atoms with Crippen molar-refractivity contribution in [3.8, 4) is 0 Å². The van der Waals surface area contributed by atoms with Gasteiger partial charge in [-0.25, -0.2) is 4.68 Å². The zero-order valence-corrected chi connectivity index (χ0v) is 12.8. The number of thioether (sulfide) groups is 1. The lowest BCUT2D eigenvalue weighted by atomic mass is 9.92. The van der Waals surface area contributed by atoms with E-state index >= 15 is 0 Å². The molecule has 2 aromatic rings. The Hall–Kier alpha value is -1.21. The number of Topliss-reactive ketones (excluding diaryl/α,β-unsaturated/α-hetero) is 1. The molecule has 0 unspecified atom stereocenters. The fourth-order valence-electron chi connectivity index (χ4n) is 1.30. The average molecular weight is 296 g/mol. The number of nitrogens with zero attached hydrogens (tertiary/aromatic N) is 4. The zero-order valence-electron chi connectivity index (χ0n) is 11.2. The van der Waals surface area contributed by atoms with E-state index in [4.69, 9.17) is 0 Å². The predicted molar refractivity (Wildman–Crippen MR) is 76.4 cm³/mol. The molecule has 0 bridgehead atoms. The molecule has 0 aliphatic rings. The number of thiophene rings is 1. The number of carbonyl (C=O) groups is 1. The van der Waals surface area contributed by atoms with Crippen LogP contribution in [0, 0.1) is 5.41 Å². The Morgan fingerprint density at radius 3 is 2.89 bits per heavy atom. The van der Waals surface area contributed by atoms with Crippen LogP contribution in [0.25, 0.3) is 0 Å². The largest absolute Gasteiger partial charge is 0.298 e. The number of aromatic nitrogens is 4. The maximum absolute atomic E-state index is 11.9. The molecule has 0 atom stereocenters. The van der Waals surface area contributed by atoms with Crippen molar-refractivity contribution in [3.63, 3.8) is 0 Å². The molecule has 0 saturated carbocycles. The van der Waals surface area contributed by atoms with Crippen LogP contribution in [0.5, 0.6) is 0 Å². The lowest BCUT2D eigenvalue weighted by Crippen LogP contribution is -2.22. The van der Waals surface area contributed by atoms with Gasteiger partial charge in [-0.1, -0.05) is 38.6 Å². The molecule has 0 spiro atoms. The molecule has 5 nitrogen and oxygen atoms in total. The van der Waals surface area contributed by atoms with Crippen LogP contribution in [0.2, 0.25) is 0 Å². The van der Waals surface area contributed by atoms with E-state index in [0.717, 1.165) is 0 Å². The standard InChI is InChI=1S/C12H16N4OS2/c1-12(2,3)10(17)8-19-11-13-14-15-16(11)7-9-5-4-6-18-9/h4-6H,7-8H2,1-3H3. The van der Waals surface area contributed by atoms with E-state index in [0.29, 0.717) is 17.5 Å². The first-order chi connectivity index (χ1) is 8.97. The van der Waals surface area contributed by atoms with Crippen LogP contribution in [0.4, 0.5) is 0 Å². The van der Waals surface area contributed by atoms with Crippen molar-refractivity contribution < 1.29 is 4.79 Å². The minimum atomic E-state index is -0.320. The summed E-state index contributed by atoms with van der Waals surface area (Å²) < 4.78 is 1.73. The van der Waals surface area contributed by atoms with Gasteiger partial charge in [0.2, 0.25) is 5.16 Å². The molecule has 19 heavy (non-hydrogen) atoms. The minimum Gasteiger partial charge on any atom is -0.298 e. The summed E-state index contributed by atoms with van der Waals surface area (Å²) in [6.45, 7) is 6.41. The summed E-state index contributed by atoms with van der Waals surface area (Å²) in [7, 11) is 0. The molecule has 0 radical (unpaired) electrons. The molecule has 0 aliphatic carbocycles. The van der Waals surface area contributed by atoms with Gasteiger partial charge >= 0.3 is 0 Å². The smallest absolute Gasteiger partial charge is 0.210 e. The highest BCUT2D eigenvalue weighted by atomic mass is 32.2. The predicted octanol–water partition coefficient (Wildman–Crippen LogP) is 2.49. The first-order valence-corrected chi connectivity index (χ1v) is 7.78. The van der Waals surface area contributed by atoms with E-state index in [1.807, 2.05) is 38.3 Å². The summed E-state index contributed by atoms with van der Waals surface area (Å²) in [4.78, 5) is 13.1. The van der Waals surface area contributed by atoms with Gasteiger partial charge in [0, 0.05) is 10.3 Å². The van der Waals surface area contributed by atoms with E-state index in [9.17, 15) is 4.79 Å². The van der Waals surface area contributed by atoms with Gasteiger partial charge in [-0.15, -0.1) is 16.4 Å². The van der Waals surface area contributed by atoms with Crippen LogP contribution in [0.15, 0.2) is 22.7 Å². The topological polar surface area (TPSA) is 60.7 Å². The second kappa shape index (κ2) is 5.83. The third kappa shape index (κ3) is 3.87. The van der Waals surface area contributed by atoms with Crippen LogP contribution in [-0.4, -0.2) is 31.7 Å². The van der Waals surface area contributed by atoms with Crippen molar-refractivity contribution in [1.29, 1.82) is 0 Å². The van der Waals surface area contributed by atoms with Gasteiger partial charge < -0.3 is 0 Å². The van der Waals surface area contributed by atoms with Gasteiger partial charge in [0.05, 0.1) is 12.3 Å². The Balaban J connectivity index is 1.98. The van der Waals surface area contributed by atoms with Gasteiger partial charge in [0.1, 0.15) is 5.78 Å². The normalized spacial score (nSPS) is 11.7. The van der Waals surface area contributed by atoms with Crippen LogP contribution < -0.4 is 0 Å².